The first-order valence-electron chi connectivity index (χ1n) is 6.83. The van der Waals surface area contributed by atoms with Crippen LogP contribution in [0.15, 0.2) is 34.8 Å². The minimum absolute atomic E-state index is 0.161. The second kappa shape index (κ2) is 6.35. The van der Waals surface area contributed by atoms with E-state index in [1.165, 1.54) is 5.56 Å². The number of aromatic nitrogens is 2. The molecule has 1 aromatic carbocycles. The summed E-state index contributed by atoms with van der Waals surface area (Å²) in [6.07, 6.45) is 0. The van der Waals surface area contributed by atoms with E-state index in [1.54, 1.807) is 0 Å². The lowest BCUT2D eigenvalue weighted by Crippen LogP contribution is -2.11. The number of hydrogen-bond donors (Lipinski definition) is 1. The van der Waals surface area contributed by atoms with Crippen LogP contribution < -0.4 is 5.32 Å². The van der Waals surface area contributed by atoms with Crippen molar-refractivity contribution < 1.29 is 0 Å². The van der Waals surface area contributed by atoms with Gasteiger partial charge in [0.15, 0.2) is 0 Å². The third-order valence-corrected chi connectivity index (χ3v) is 3.65. The topological polar surface area (TPSA) is 37.8 Å². The van der Waals surface area contributed by atoms with Crippen LogP contribution in [0.3, 0.4) is 0 Å². The molecule has 106 valence electrons. The first-order chi connectivity index (χ1) is 9.45. The fourth-order valence-electron chi connectivity index (χ4n) is 2.01. The second-order valence-electron chi connectivity index (χ2n) is 5.33. The predicted molar refractivity (Wildman–Crippen MR) is 87.0 cm³/mol. The van der Waals surface area contributed by atoms with Crippen LogP contribution in [0.4, 0.5) is 5.95 Å². The Hall–Kier alpha value is -1.42. The minimum Gasteiger partial charge on any atom is -0.348 e. The zero-order valence-electron chi connectivity index (χ0n) is 12.3. The molecule has 0 aliphatic rings. The minimum atomic E-state index is 0.161. The zero-order valence-corrected chi connectivity index (χ0v) is 13.9. The molecule has 2 aromatic rings. The third kappa shape index (κ3) is 3.79. The molecule has 20 heavy (non-hydrogen) atoms. The number of hydrogen-bond acceptors (Lipinski definition) is 3. The van der Waals surface area contributed by atoms with Crippen molar-refractivity contribution in [2.75, 3.05) is 5.32 Å². The molecular weight excluding hydrogens is 314 g/mol. The molecule has 0 fully saturated rings. The van der Waals surface area contributed by atoms with Crippen molar-refractivity contribution in [3.05, 3.63) is 51.8 Å². The molecule has 1 N–H and O–H groups in total. The number of aryl methyl sites for hydroxylation is 1. The molecule has 0 saturated heterocycles. The van der Waals surface area contributed by atoms with Crippen LogP contribution in [0.1, 0.15) is 49.7 Å². The number of rotatable bonds is 4. The predicted octanol–water partition coefficient (Wildman–Crippen LogP) is 4.84. The van der Waals surface area contributed by atoms with Gasteiger partial charge < -0.3 is 5.32 Å². The first-order valence-corrected chi connectivity index (χ1v) is 7.62. The Morgan fingerprint density at radius 3 is 2.50 bits per heavy atom. The molecule has 3 nitrogen and oxygen atoms in total. The summed E-state index contributed by atoms with van der Waals surface area (Å²) in [7, 11) is 0. The first kappa shape index (κ1) is 15.0. The average Bonchev–Trinajstić information content (AvgIpc) is 2.37. The maximum Gasteiger partial charge on any atom is 0.223 e. The van der Waals surface area contributed by atoms with Crippen LogP contribution in [-0.4, -0.2) is 9.97 Å². The molecule has 2 rings (SSSR count). The summed E-state index contributed by atoms with van der Waals surface area (Å²) in [5.41, 5.74) is 3.27. The van der Waals surface area contributed by atoms with Crippen LogP contribution in [-0.2, 0) is 0 Å². The molecule has 1 unspecified atom stereocenters. The molecular formula is C16H20BrN3. The smallest absolute Gasteiger partial charge is 0.223 e. The van der Waals surface area contributed by atoms with Gasteiger partial charge in [-0.05, 0) is 43.5 Å². The van der Waals surface area contributed by atoms with Crippen molar-refractivity contribution in [2.24, 2.45) is 0 Å². The Balaban J connectivity index is 2.21. The van der Waals surface area contributed by atoms with Gasteiger partial charge >= 0.3 is 0 Å². The lowest BCUT2D eigenvalue weighted by atomic mass is 10.1. The molecule has 0 aliphatic carbocycles. The van der Waals surface area contributed by atoms with Gasteiger partial charge in [-0.2, -0.15) is 0 Å². The Kier molecular flexibility index (Phi) is 4.76. The molecule has 0 aliphatic heterocycles. The number of benzene rings is 1. The third-order valence-electron chi connectivity index (χ3n) is 3.16. The molecule has 0 radical (unpaired) electrons. The van der Waals surface area contributed by atoms with Gasteiger partial charge in [0.25, 0.3) is 0 Å². The van der Waals surface area contributed by atoms with Crippen LogP contribution in [0.2, 0.25) is 0 Å². The van der Waals surface area contributed by atoms with Crippen LogP contribution >= 0.6 is 15.9 Å². The van der Waals surface area contributed by atoms with E-state index in [1.807, 2.05) is 25.1 Å². The quantitative estimate of drug-likeness (QED) is 0.869. The highest BCUT2D eigenvalue weighted by molar-refractivity contribution is 9.10. The Bertz CT molecular complexity index is 596. The fraction of sp³-hybridized carbons (Fsp3) is 0.375. The summed E-state index contributed by atoms with van der Waals surface area (Å²) in [6, 6.07) is 10.5. The summed E-state index contributed by atoms with van der Waals surface area (Å²) in [6.45, 7) is 8.40. The van der Waals surface area contributed by atoms with Crippen molar-refractivity contribution in [1.29, 1.82) is 0 Å². The summed E-state index contributed by atoms with van der Waals surface area (Å²) >= 11 is 3.50. The lowest BCUT2D eigenvalue weighted by Gasteiger charge is -2.16. The van der Waals surface area contributed by atoms with Gasteiger partial charge in [-0.25, -0.2) is 9.97 Å². The number of anilines is 1. The van der Waals surface area contributed by atoms with Gasteiger partial charge in [-0.15, -0.1) is 0 Å². The molecule has 1 aromatic heterocycles. The van der Waals surface area contributed by atoms with Gasteiger partial charge in [-0.1, -0.05) is 41.9 Å². The van der Waals surface area contributed by atoms with E-state index in [9.17, 15) is 0 Å². The van der Waals surface area contributed by atoms with E-state index < -0.39 is 0 Å². The molecule has 0 amide bonds. The molecule has 1 atom stereocenters. The zero-order chi connectivity index (χ0) is 14.7. The monoisotopic (exact) mass is 333 g/mol. The van der Waals surface area contributed by atoms with E-state index in [-0.39, 0.29) is 6.04 Å². The van der Waals surface area contributed by atoms with E-state index >= 15 is 0 Å². The van der Waals surface area contributed by atoms with Crippen LogP contribution in [0.5, 0.6) is 0 Å². The maximum absolute atomic E-state index is 4.59. The highest BCUT2D eigenvalue weighted by Gasteiger charge is 2.10. The molecule has 4 heteroatoms. The van der Waals surface area contributed by atoms with E-state index in [4.69, 9.17) is 0 Å². The van der Waals surface area contributed by atoms with Gasteiger partial charge in [0.2, 0.25) is 5.95 Å². The number of nitrogens with one attached hydrogen (secondary N) is 1. The Morgan fingerprint density at radius 1 is 1.10 bits per heavy atom. The van der Waals surface area contributed by atoms with Gasteiger partial charge in [-0.3, -0.25) is 0 Å². The molecule has 0 saturated carbocycles. The van der Waals surface area contributed by atoms with Gasteiger partial charge in [0, 0.05) is 15.9 Å². The van der Waals surface area contributed by atoms with Crippen LogP contribution in [0.25, 0.3) is 0 Å². The normalized spacial score (nSPS) is 12.5. The van der Waals surface area contributed by atoms with Crippen molar-refractivity contribution in [2.45, 2.75) is 39.7 Å². The maximum atomic E-state index is 4.59. The molecule has 0 bridgehead atoms. The van der Waals surface area contributed by atoms with Crippen molar-refractivity contribution in [1.82, 2.24) is 9.97 Å². The second-order valence-corrected chi connectivity index (χ2v) is 6.25. The molecule has 1 heterocycles. The highest BCUT2D eigenvalue weighted by atomic mass is 79.9. The van der Waals surface area contributed by atoms with Crippen molar-refractivity contribution >= 4 is 21.9 Å². The summed E-state index contributed by atoms with van der Waals surface area (Å²) < 4.78 is 1.08. The van der Waals surface area contributed by atoms with Crippen LogP contribution in [0, 0.1) is 6.92 Å². The SMILES string of the molecule is Cc1cc(C(C)C)nc(NC(C)c2cccc(Br)c2)n1. The standard InChI is InChI=1S/C16H20BrN3/c1-10(2)15-8-11(3)18-16(20-15)19-12(4)13-6-5-7-14(17)9-13/h5-10,12H,1-4H3,(H,18,19,20). The van der Waals surface area contributed by atoms with Crippen molar-refractivity contribution in [3.63, 3.8) is 0 Å². The number of halogens is 1. The highest BCUT2D eigenvalue weighted by Crippen LogP contribution is 2.22. The summed E-state index contributed by atoms with van der Waals surface area (Å²) in [5.74, 6) is 1.10. The average molecular weight is 334 g/mol. The number of nitrogens with zero attached hydrogens (tertiary/aromatic N) is 2. The van der Waals surface area contributed by atoms with Gasteiger partial charge in [0.1, 0.15) is 0 Å². The largest absolute Gasteiger partial charge is 0.348 e. The van der Waals surface area contributed by atoms with E-state index in [2.05, 4.69) is 64.1 Å². The Labute approximate surface area is 129 Å². The van der Waals surface area contributed by atoms with E-state index in [0.717, 1.165) is 15.9 Å². The molecule has 0 spiro atoms. The van der Waals surface area contributed by atoms with Crippen molar-refractivity contribution in [3.8, 4) is 0 Å². The fourth-order valence-corrected chi connectivity index (χ4v) is 2.42. The summed E-state index contributed by atoms with van der Waals surface area (Å²) in [4.78, 5) is 9.06. The van der Waals surface area contributed by atoms with E-state index in [0.29, 0.717) is 11.9 Å². The lowest BCUT2D eigenvalue weighted by molar-refractivity contribution is 0.793. The van der Waals surface area contributed by atoms with Gasteiger partial charge in [0.05, 0.1) is 6.04 Å². The Morgan fingerprint density at radius 2 is 1.85 bits per heavy atom. The summed E-state index contributed by atoms with van der Waals surface area (Å²) in [5, 5.41) is 3.38.